The highest BCUT2D eigenvalue weighted by Gasteiger charge is 2.30. The molecule has 0 bridgehead atoms. The van der Waals surface area contributed by atoms with E-state index in [4.69, 9.17) is 4.74 Å². The lowest BCUT2D eigenvalue weighted by molar-refractivity contribution is -0.120. The molecule has 0 radical (unpaired) electrons. The van der Waals surface area contributed by atoms with Gasteiger partial charge in [0.05, 0.1) is 24.3 Å². The summed E-state index contributed by atoms with van der Waals surface area (Å²) in [6, 6.07) is 5.48. The fraction of sp³-hybridized carbons (Fsp3) is 0.467. The van der Waals surface area contributed by atoms with Gasteiger partial charge in [0.25, 0.3) is 0 Å². The van der Waals surface area contributed by atoms with Crippen molar-refractivity contribution in [1.29, 1.82) is 0 Å². The molecule has 1 heterocycles. The van der Waals surface area contributed by atoms with Gasteiger partial charge in [0, 0.05) is 6.04 Å². The Bertz CT molecular complexity index is 528. The van der Waals surface area contributed by atoms with Crippen molar-refractivity contribution in [3.63, 3.8) is 0 Å². The quantitative estimate of drug-likeness (QED) is 0.825. The maximum absolute atomic E-state index is 12.3. The first-order chi connectivity index (χ1) is 9.52. The fourth-order valence-corrected chi connectivity index (χ4v) is 2.49. The highest BCUT2D eigenvalue weighted by molar-refractivity contribution is 6.02. The zero-order valence-corrected chi connectivity index (χ0v) is 12.0. The molecule has 0 aromatic heterocycles. The molecule has 0 spiro atoms. The molecule has 1 amide bonds. The first-order valence-corrected chi connectivity index (χ1v) is 6.76. The molecule has 1 aromatic rings. The second kappa shape index (κ2) is 6.05. The monoisotopic (exact) mass is 276 g/mol. The van der Waals surface area contributed by atoms with E-state index in [0.29, 0.717) is 11.3 Å². The number of rotatable bonds is 3. The third kappa shape index (κ3) is 2.99. The summed E-state index contributed by atoms with van der Waals surface area (Å²) in [5.74, 6) is -0.570. The summed E-state index contributed by atoms with van der Waals surface area (Å²) < 4.78 is 4.76. The normalized spacial score (nSPS) is 21.6. The Hall–Kier alpha value is -1.88. The van der Waals surface area contributed by atoms with Gasteiger partial charge in [-0.2, -0.15) is 0 Å². The van der Waals surface area contributed by atoms with Crippen molar-refractivity contribution >= 4 is 17.6 Å². The third-order valence-electron chi connectivity index (χ3n) is 3.70. The first-order valence-electron chi connectivity index (χ1n) is 6.76. The van der Waals surface area contributed by atoms with Crippen molar-refractivity contribution in [2.75, 3.05) is 19.0 Å². The Morgan fingerprint density at radius 3 is 2.75 bits per heavy atom. The largest absolute Gasteiger partial charge is 0.465 e. The number of carbonyl (C=O) groups excluding carboxylic acids is 2. The lowest BCUT2D eigenvalue weighted by atomic mass is 10.0. The average molecular weight is 276 g/mol. The summed E-state index contributed by atoms with van der Waals surface area (Å²) in [5, 5.41) is 6.09. The van der Waals surface area contributed by atoms with Crippen LogP contribution in [0.2, 0.25) is 0 Å². The molecule has 1 saturated heterocycles. The molecular formula is C15H20N2O3. The van der Waals surface area contributed by atoms with Gasteiger partial charge in [-0.25, -0.2) is 4.79 Å². The number of esters is 1. The van der Waals surface area contributed by atoms with Gasteiger partial charge in [0.1, 0.15) is 0 Å². The highest BCUT2D eigenvalue weighted by Crippen LogP contribution is 2.22. The molecule has 20 heavy (non-hydrogen) atoms. The molecule has 2 rings (SSSR count). The van der Waals surface area contributed by atoms with E-state index in [0.717, 1.165) is 18.5 Å². The number of amides is 1. The maximum atomic E-state index is 12.3. The van der Waals surface area contributed by atoms with Gasteiger partial charge in [0.2, 0.25) is 5.91 Å². The summed E-state index contributed by atoms with van der Waals surface area (Å²) in [6.07, 6.45) is 0.812. The standard InChI is InChI=1S/C15H20N2O3/c1-9-4-5-13(12(8-9)15(19)20-3)17-14(18)11-6-7-16-10(11)2/h4-5,8,10-11,16H,6-7H2,1-3H3,(H,17,18). The second-order valence-electron chi connectivity index (χ2n) is 5.17. The Morgan fingerprint density at radius 1 is 1.40 bits per heavy atom. The molecule has 1 aliphatic heterocycles. The minimum atomic E-state index is -0.443. The fourth-order valence-electron chi connectivity index (χ4n) is 2.49. The van der Waals surface area contributed by atoms with Crippen molar-refractivity contribution in [1.82, 2.24) is 5.32 Å². The highest BCUT2D eigenvalue weighted by atomic mass is 16.5. The van der Waals surface area contributed by atoms with Gasteiger partial charge in [-0.1, -0.05) is 11.6 Å². The van der Waals surface area contributed by atoms with Crippen LogP contribution in [0.5, 0.6) is 0 Å². The van der Waals surface area contributed by atoms with Gasteiger partial charge in [-0.05, 0) is 38.9 Å². The molecular weight excluding hydrogens is 256 g/mol. The number of nitrogens with one attached hydrogen (secondary N) is 2. The molecule has 2 N–H and O–H groups in total. The molecule has 1 aromatic carbocycles. The molecule has 0 saturated carbocycles. The zero-order chi connectivity index (χ0) is 14.7. The topological polar surface area (TPSA) is 67.4 Å². The summed E-state index contributed by atoms with van der Waals surface area (Å²) in [4.78, 5) is 24.0. The van der Waals surface area contributed by atoms with Crippen molar-refractivity contribution in [3.05, 3.63) is 29.3 Å². The number of aryl methyl sites for hydroxylation is 1. The van der Waals surface area contributed by atoms with E-state index in [1.807, 2.05) is 19.9 Å². The van der Waals surface area contributed by atoms with Gasteiger partial charge in [-0.3, -0.25) is 4.79 Å². The van der Waals surface area contributed by atoms with Gasteiger partial charge < -0.3 is 15.4 Å². The van der Waals surface area contributed by atoms with Gasteiger partial charge >= 0.3 is 5.97 Å². The Kier molecular flexibility index (Phi) is 4.39. The minimum Gasteiger partial charge on any atom is -0.465 e. The first kappa shape index (κ1) is 14.5. The van der Waals surface area contributed by atoms with Crippen LogP contribution >= 0.6 is 0 Å². The van der Waals surface area contributed by atoms with E-state index in [-0.39, 0.29) is 17.9 Å². The number of benzene rings is 1. The number of methoxy groups -OCH3 is 1. The molecule has 0 aliphatic carbocycles. The van der Waals surface area contributed by atoms with Crippen LogP contribution in [0, 0.1) is 12.8 Å². The van der Waals surface area contributed by atoms with E-state index < -0.39 is 5.97 Å². The van der Waals surface area contributed by atoms with E-state index in [1.54, 1.807) is 12.1 Å². The lowest BCUT2D eigenvalue weighted by Gasteiger charge is -2.16. The van der Waals surface area contributed by atoms with Gasteiger partial charge in [0.15, 0.2) is 0 Å². The molecule has 2 atom stereocenters. The molecule has 2 unspecified atom stereocenters. The van der Waals surface area contributed by atoms with Crippen LogP contribution in [0.4, 0.5) is 5.69 Å². The zero-order valence-electron chi connectivity index (χ0n) is 12.0. The Balaban J connectivity index is 2.20. The van der Waals surface area contributed by atoms with Crippen LogP contribution in [0.15, 0.2) is 18.2 Å². The van der Waals surface area contributed by atoms with Crippen molar-refractivity contribution in [2.45, 2.75) is 26.3 Å². The minimum absolute atomic E-state index is 0.0588. The van der Waals surface area contributed by atoms with E-state index in [1.165, 1.54) is 7.11 Å². The van der Waals surface area contributed by atoms with E-state index in [9.17, 15) is 9.59 Å². The molecule has 108 valence electrons. The predicted molar refractivity (Wildman–Crippen MR) is 76.7 cm³/mol. The summed E-state index contributed by atoms with van der Waals surface area (Å²) in [5.41, 5.74) is 1.84. The smallest absolute Gasteiger partial charge is 0.339 e. The average Bonchev–Trinajstić information content (AvgIpc) is 2.86. The van der Waals surface area contributed by atoms with Crippen LogP contribution in [-0.2, 0) is 9.53 Å². The summed E-state index contributed by atoms with van der Waals surface area (Å²) >= 11 is 0. The Labute approximate surface area is 118 Å². The number of carbonyl (C=O) groups is 2. The molecule has 5 nitrogen and oxygen atoms in total. The molecule has 5 heteroatoms. The summed E-state index contributed by atoms with van der Waals surface area (Å²) in [7, 11) is 1.33. The van der Waals surface area contributed by atoms with Crippen LogP contribution in [-0.4, -0.2) is 31.6 Å². The van der Waals surface area contributed by atoms with E-state index in [2.05, 4.69) is 10.6 Å². The van der Waals surface area contributed by atoms with Crippen molar-refractivity contribution in [2.24, 2.45) is 5.92 Å². The van der Waals surface area contributed by atoms with Crippen molar-refractivity contribution in [3.8, 4) is 0 Å². The second-order valence-corrected chi connectivity index (χ2v) is 5.17. The summed E-state index contributed by atoms with van der Waals surface area (Å²) in [6.45, 7) is 4.73. The number of anilines is 1. The number of ether oxygens (including phenoxy) is 1. The number of hydrogen-bond donors (Lipinski definition) is 2. The maximum Gasteiger partial charge on any atom is 0.339 e. The molecule has 1 fully saturated rings. The SMILES string of the molecule is COC(=O)c1cc(C)ccc1NC(=O)C1CCNC1C. The van der Waals surface area contributed by atoms with Crippen LogP contribution in [0.3, 0.4) is 0 Å². The van der Waals surface area contributed by atoms with E-state index >= 15 is 0 Å². The predicted octanol–water partition coefficient (Wildman–Crippen LogP) is 1.72. The lowest BCUT2D eigenvalue weighted by Crippen LogP contribution is -2.32. The van der Waals surface area contributed by atoms with Crippen molar-refractivity contribution < 1.29 is 14.3 Å². The third-order valence-corrected chi connectivity index (χ3v) is 3.70. The number of hydrogen-bond acceptors (Lipinski definition) is 4. The van der Waals surface area contributed by atoms with Crippen LogP contribution in [0.25, 0.3) is 0 Å². The van der Waals surface area contributed by atoms with Gasteiger partial charge in [-0.15, -0.1) is 0 Å². The van der Waals surface area contributed by atoms with Crippen LogP contribution in [0.1, 0.15) is 29.3 Å². The Morgan fingerprint density at radius 2 is 2.15 bits per heavy atom. The molecule has 1 aliphatic rings. The van der Waals surface area contributed by atoms with Crippen LogP contribution < -0.4 is 10.6 Å².